The minimum Gasteiger partial charge on any atom is -0.497 e. The molecule has 0 saturated carbocycles. The average Bonchev–Trinajstić information content (AvgIpc) is 2.72. The van der Waals surface area contributed by atoms with Crippen LogP contribution in [0.25, 0.3) is 10.8 Å². The summed E-state index contributed by atoms with van der Waals surface area (Å²) in [6, 6.07) is 11.7. The predicted molar refractivity (Wildman–Crippen MR) is 111 cm³/mol. The molecule has 0 radical (unpaired) electrons. The maximum absolute atomic E-state index is 12.4. The van der Waals surface area contributed by atoms with Gasteiger partial charge in [-0.25, -0.2) is 0 Å². The van der Waals surface area contributed by atoms with Crippen molar-refractivity contribution in [2.45, 2.75) is 38.5 Å². The molecule has 0 unspecified atom stereocenters. The van der Waals surface area contributed by atoms with E-state index in [1.807, 2.05) is 43.3 Å². The number of ether oxygens (including phenoxy) is 1. The summed E-state index contributed by atoms with van der Waals surface area (Å²) in [5.74, 6) is -0.599. The molecule has 0 heterocycles. The maximum Gasteiger partial charge on any atom is 0.303 e. The Hall–Kier alpha value is -3.09. The first-order chi connectivity index (χ1) is 13.9. The van der Waals surface area contributed by atoms with Crippen LogP contribution in [0.2, 0.25) is 0 Å². The summed E-state index contributed by atoms with van der Waals surface area (Å²) < 4.78 is 5.23. The molecule has 2 aromatic rings. The van der Waals surface area contributed by atoms with Crippen LogP contribution in [0.5, 0.6) is 5.75 Å². The molecule has 1 atom stereocenters. The van der Waals surface area contributed by atoms with Crippen molar-refractivity contribution in [3.05, 3.63) is 42.0 Å². The highest BCUT2D eigenvalue weighted by molar-refractivity contribution is 5.88. The number of carbonyl (C=O) groups excluding carboxylic acids is 2. The largest absolute Gasteiger partial charge is 0.497 e. The molecule has 3 N–H and O–H groups in total. The Morgan fingerprint density at radius 3 is 2.34 bits per heavy atom. The number of aliphatic carboxylic acids is 1. The van der Waals surface area contributed by atoms with Gasteiger partial charge in [0, 0.05) is 25.9 Å². The third-order valence-corrected chi connectivity index (χ3v) is 4.73. The second-order valence-electron chi connectivity index (χ2n) is 6.94. The molecular formula is C22H28N2O5. The number of carboxylic acid groups (broad SMARTS) is 1. The summed E-state index contributed by atoms with van der Waals surface area (Å²) in [5.41, 5.74) is 0.927. The number of nitrogens with one attached hydrogen (secondary N) is 2. The molecule has 0 aliphatic heterocycles. The van der Waals surface area contributed by atoms with Gasteiger partial charge in [-0.1, -0.05) is 24.3 Å². The SMILES string of the molecule is COc1ccc2cc([C@H](C)C(=O)NCCCC(=O)NCCCC(=O)O)ccc2c1. The molecule has 156 valence electrons. The monoisotopic (exact) mass is 400 g/mol. The van der Waals surface area contributed by atoms with Gasteiger partial charge in [0.2, 0.25) is 11.8 Å². The van der Waals surface area contributed by atoms with Crippen molar-refractivity contribution < 1.29 is 24.2 Å². The van der Waals surface area contributed by atoms with Crippen LogP contribution in [0, 0.1) is 0 Å². The molecule has 2 aromatic carbocycles. The zero-order valence-electron chi connectivity index (χ0n) is 16.9. The summed E-state index contributed by atoms with van der Waals surface area (Å²) in [6.45, 7) is 2.62. The summed E-state index contributed by atoms with van der Waals surface area (Å²) in [6.07, 6.45) is 1.27. The smallest absolute Gasteiger partial charge is 0.303 e. The van der Waals surface area contributed by atoms with Crippen molar-refractivity contribution >= 4 is 28.6 Å². The molecule has 0 bridgehead atoms. The lowest BCUT2D eigenvalue weighted by Gasteiger charge is -2.14. The molecule has 0 aromatic heterocycles. The Kier molecular flexibility index (Phi) is 8.45. The van der Waals surface area contributed by atoms with E-state index in [4.69, 9.17) is 9.84 Å². The lowest BCUT2D eigenvalue weighted by atomic mass is 9.97. The van der Waals surface area contributed by atoms with Crippen LogP contribution in [-0.2, 0) is 14.4 Å². The Bertz CT molecular complexity index is 865. The van der Waals surface area contributed by atoms with E-state index in [1.54, 1.807) is 7.11 Å². The third-order valence-electron chi connectivity index (χ3n) is 4.73. The van der Waals surface area contributed by atoms with Crippen LogP contribution < -0.4 is 15.4 Å². The molecule has 7 heteroatoms. The second-order valence-corrected chi connectivity index (χ2v) is 6.94. The van der Waals surface area contributed by atoms with E-state index in [2.05, 4.69) is 10.6 Å². The lowest BCUT2D eigenvalue weighted by molar-refractivity contribution is -0.137. The van der Waals surface area contributed by atoms with Gasteiger partial charge < -0.3 is 20.5 Å². The van der Waals surface area contributed by atoms with Gasteiger partial charge in [0.25, 0.3) is 0 Å². The Morgan fingerprint density at radius 1 is 0.966 bits per heavy atom. The fraction of sp³-hybridized carbons (Fsp3) is 0.409. The van der Waals surface area contributed by atoms with E-state index in [9.17, 15) is 14.4 Å². The summed E-state index contributed by atoms with van der Waals surface area (Å²) in [4.78, 5) is 34.5. The first kappa shape index (κ1) is 22.2. The number of amides is 2. The van der Waals surface area contributed by atoms with Crippen molar-refractivity contribution in [2.24, 2.45) is 0 Å². The van der Waals surface area contributed by atoms with Crippen molar-refractivity contribution in [3.8, 4) is 5.75 Å². The van der Waals surface area contributed by atoms with E-state index in [1.165, 1.54) is 0 Å². The van der Waals surface area contributed by atoms with Gasteiger partial charge in [-0.3, -0.25) is 14.4 Å². The molecule has 0 fully saturated rings. The Labute approximate surface area is 170 Å². The molecule has 0 spiro atoms. The standard InChI is InChI=1S/C22H28N2O5/c1-15(16-7-8-18-14-19(29-2)10-9-17(18)13-16)22(28)24-12-3-5-20(25)23-11-4-6-21(26)27/h7-10,13-15H,3-6,11-12H2,1-2H3,(H,23,25)(H,24,28)(H,26,27)/t15-/m0/s1. The molecule has 29 heavy (non-hydrogen) atoms. The fourth-order valence-corrected chi connectivity index (χ4v) is 2.96. The number of carbonyl (C=O) groups is 3. The summed E-state index contributed by atoms with van der Waals surface area (Å²) >= 11 is 0. The fourth-order valence-electron chi connectivity index (χ4n) is 2.96. The molecule has 2 rings (SSSR count). The third kappa shape index (κ3) is 7.10. The molecule has 0 saturated heterocycles. The van der Waals surface area contributed by atoms with Crippen LogP contribution in [0.1, 0.15) is 44.1 Å². The highest BCUT2D eigenvalue weighted by atomic mass is 16.5. The van der Waals surface area contributed by atoms with Gasteiger partial charge in [0.15, 0.2) is 0 Å². The molecule has 0 aliphatic rings. The van der Waals surface area contributed by atoms with Crippen molar-refractivity contribution in [2.75, 3.05) is 20.2 Å². The van der Waals surface area contributed by atoms with Crippen LogP contribution in [0.15, 0.2) is 36.4 Å². The molecule has 2 amide bonds. The first-order valence-corrected chi connectivity index (χ1v) is 9.74. The van der Waals surface area contributed by atoms with E-state index in [-0.39, 0.29) is 24.2 Å². The number of methoxy groups -OCH3 is 1. The van der Waals surface area contributed by atoms with Gasteiger partial charge >= 0.3 is 5.97 Å². The normalized spacial score (nSPS) is 11.7. The van der Waals surface area contributed by atoms with Gasteiger partial charge in [0.05, 0.1) is 13.0 Å². The van der Waals surface area contributed by atoms with E-state index in [0.29, 0.717) is 32.4 Å². The van der Waals surface area contributed by atoms with Crippen molar-refractivity contribution in [3.63, 3.8) is 0 Å². The van der Waals surface area contributed by atoms with Crippen LogP contribution in [0.3, 0.4) is 0 Å². The van der Waals surface area contributed by atoms with E-state index >= 15 is 0 Å². The van der Waals surface area contributed by atoms with Crippen molar-refractivity contribution in [1.82, 2.24) is 10.6 Å². The highest BCUT2D eigenvalue weighted by Crippen LogP contribution is 2.25. The van der Waals surface area contributed by atoms with Crippen LogP contribution in [-0.4, -0.2) is 43.1 Å². The van der Waals surface area contributed by atoms with Gasteiger partial charge in [-0.2, -0.15) is 0 Å². The van der Waals surface area contributed by atoms with Crippen molar-refractivity contribution in [1.29, 1.82) is 0 Å². The maximum atomic E-state index is 12.4. The molecule has 7 nitrogen and oxygen atoms in total. The van der Waals surface area contributed by atoms with Gasteiger partial charge in [-0.15, -0.1) is 0 Å². The highest BCUT2D eigenvalue weighted by Gasteiger charge is 2.15. The topological polar surface area (TPSA) is 105 Å². The van der Waals surface area contributed by atoms with Crippen LogP contribution >= 0.6 is 0 Å². The number of hydrogen-bond acceptors (Lipinski definition) is 4. The number of fused-ring (bicyclic) bond motifs is 1. The number of carboxylic acids is 1. The first-order valence-electron chi connectivity index (χ1n) is 9.74. The van der Waals surface area contributed by atoms with Crippen LogP contribution in [0.4, 0.5) is 0 Å². The lowest BCUT2D eigenvalue weighted by Crippen LogP contribution is -2.30. The zero-order chi connectivity index (χ0) is 21.2. The Morgan fingerprint density at radius 2 is 1.62 bits per heavy atom. The number of rotatable bonds is 11. The van der Waals surface area contributed by atoms with Gasteiger partial charge in [-0.05, 0) is 48.2 Å². The Balaban J connectivity index is 1.75. The number of benzene rings is 2. The minimum absolute atomic E-state index is 0.0382. The van der Waals surface area contributed by atoms with Gasteiger partial charge in [0.1, 0.15) is 5.75 Å². The van der Waals surface area contributed by atoms with E-state index < -0.39 is 5.97 Å². The van der Waals surface area contributed by atoms with E-state index in [0.717, 1.165) is 22.1 Å². The summed E-state index contributed by atoms with van der Waals surface area (Å²) in [7, 11) is 1.63. The predicted octanol–water partition coefficient (Wildman–Crippen LogP) is 2.83. The molecule has 0 aliphatic carbocycles. The summed E-state index contributed by atoms with van der Waals surface area (Å²) in [5, 5.41) is 16.2. The zero-order valence-corrected chi connectivity index (χ0v) is 16.9. The number of hydrogen-bond donors (Lipinski definition) is 3. The average molecular weight is 400 g/mol. The molecular weight excluding hydrogens is 372 g/mol. The minimum atomic E-state index is -0.873. The second kappa shape index (κ2) is 11.0. The quantitative estimate of drug-likeness (QED) is 0.503.